The van der Waals surface area contributed by atoms with E-state index in [9.17, 15) is 18.0 Å². The number of ketones is 2. The second kappa shape index (κ2) is 9.13. The van der Waals surface area contributed by atoms with E-state index in [0.717, 1.165) is 10.9 Å². The van der Waals surface area contributed by atoms with Gasteiger partial charge in [0.05, 0.1) is 0 Å². The molecule has 2 fully saturated rings. The Morgan fingerprint density at radius 3 is 2.06 bits per heavy atom. The molecule has 1 spiro atoms. The first-order chi connectivity index (χ1) is 15.5. The Kier molecular flexibility index (Phi) is 6.74. The fourth-order valence-electron chi connectivity index (χ4n) is 5.43. The van der Waals surface area contributed by atoms with Crippen LogP contribution in [0.5, 0.6) is 0 Å². The SMILES string of the molecule is Cc1ccc(S(=O)(=O)C[C@H]2CC3(C[C@H]2C[Se]c2ccccc2)C(=O)CC(C)(C)CC3=O)cc1. The molecule has 4 nitrogen and oxygen atoms in total. The summed E-state index contributed by atoms with van der Waals surface area (Å²) in [5, 5.41) is 0.844. The third-order valence-electron chi connectivity index (χ3n) is 7.25. The van der Waals surface area contributed by atoms with E-state index in [1.54, 1.807) is 12.1 Å². The first-order valence-corrected chi connectivity index (χ1v) is 15.3. The number of sulfone groups is 1. The van der Waals surface area contributed by atoms with Crippen LogP contribution in [0.25, 0.3) is 0 Å². The van der Waals surface area contributed by atoms with Crippen molar-refractivity contribution in [1.29, 1.82) is 0 Å². The van der Waals surface area contributed by atoms with Crippen LogP contribution < -0.4 is 4.46 Å². The normalized spacial score (nSPS) is 24.3. The number of benzene rings is 2. The fourth-order valence-corrected chi connectivity index (χ4v) is 9.53. The van der Waals surface area contributed by atoms with Crippen molar-refractivity contribution in [3.63, 3.8) is 0 Å². The molecular formula is C27H32O4SSe. The van der Waals surface area contributed by atoms with Gasteiger partial charge in [-0.25, -0.2) is 0 Å². The molecule has 2 aromatic carbocycles. The van der Waals surface area contributed by atoms with E-state index >= 15 is 0 Å². The van der Waals surface area contributed by atoms with Gasteiger partial charge in [-0.2, -0.15) is 0 Å². The zero-order chi connectivity index (χ0) is 23.9. The van der Waals surface area contributed by atoms with Gasteiger partial charge in [-0.15, -0.1) is 0 Å². The van der Waals surface area contributed by atoms with Crippen molar-refractivity contribution in [2.45, 2.75) is 56.7 Å². The van der Waals surface area contributed by atoms with Crippen molar-refractivity contribution in [3.05, 3.63) is 60.2 Å². The summed E-state index contributed by atoms with van der Waals surface area (Å²) in [7, 11) is -3.51. The summed E-state index contributed by atoms with van der Waals surface area (Å²) in [5.74, 6) is -0.0833. The second-order valence-electron chi connectivity index (χ2n) is 10.6. The van der Waals surface area contributed by atoms with Crippen molar-refractivity contribution in [3.8, 4) is 0 Å². The number of hydrogen-bond donors (Lipinski definition) is 0. The summed E-state index contributed by atoms with van der Waals surface area (Å²) >= 11 is 0.170. The van der Waals surface area contributed by atoms with E-state index in [1.807, 2.05) is 51.1 Å². The first kappa shape index (κ1) is 24.4. The van der Waals surface area contributed by atoms with Crippen LogP contribution in [0.15, 0.2) is 59.5 Å². The van der Waals surface area contributed by atoms with Gasteiger partial charge in [-0.05, 0) is 0 Å². The monoisotopic (exact) mass is 532 g/mol. The van der Waals surface area contributed by atoms with Crippen LogP contribution in [0, 0.1) is 29.6 Å². The molecule has 0 bridgehead atoms. The predicted molar refractivity (Wildman–Crippen MR) is 132 cm³/mol. The van der Waals surface area contributed by atoms with Gasteiger partial charge in [0.15, 0.2) is 0 Å². The third kappa shape index (κ3) is 5.18. The molecule has 0 aromatic heterocycles. The summed E-state index contributed by atoms with van der Waals surface area (Å²) in [6.45, 7) is 5.88. The van der Waals surface area contributed by atoms with Gasteiger partial charge in [0.2, 0.25) is 0 Å². The van der Waals surface area contributed by atoms with Gasteiger partial charge in [0, 0.05) is 0 Å². The first-order valence-electron chi connectivity index (χ1n) is 11.5. The van der Waals surface area contributed by atoms with E-state index in [0.29, 0.717) is 30.6 Å². The molecule has 4 rings (SSSR count). The van der Waals surface area contributed by atoms with Crippen molar-refractivity contribution in [2.75, 3.05) is 5.75 Å². The average molecular weight is 532 g/mol. The van der Waals surface area contributed by atoms with Gasteiger partial charge in [-0.1, -0.05) is 0 Å². The fraction of sp³-hybridized carbons (Fsp3) is 0.481. The molecule has 0 unspecified atom stereocenters. The molecule has 2 saturated carbocycles. The van der Waals surface area contributed by atoms with Crippen LogP contribution in [0.2, 0.25) is 5.32 Å². The number of Topliss-reactive ketones (excluding diaryl/α,β-unsaturated/α-hetero) is 2. The van der Waals surface area contributed by atoms with Gasteiger partial charge < -0.3 is 0 Å². The minimum absolute atomic E-state index is 0.00268. The molecule has 0 aliphatic heterocycles. The van der Waals surface area contributed by atoms with E-state index in [-0.39, 0.29) is 49.5 Å². The Labute approximate surface area is 203 Å². The molecule has 0 amide bonds. The van der Waals surface area contributed by atoms with Crippen molar-refractivity contribution in [2.24, 2.45) is 22.7 Å². The van der Waals surface area contributed by atoms with E-state index in [4.69, 9.17) is 0 Å². The molecule has 0 N–H and O–H groups in total. The number of carbonyl (C=O) groups excluding carboxylic acids is 2. The molecule has 6 heteroatoms. The molecule has 33 heavy (non-hydrogen) atoms. The third-order valence-corrected chi connectivity index (χ3v) is 11.6. The van der Waals surface area contributed by atoms with Crippen molar-refractivity contribution < 1.29 is 18.0 Å². The molecular weight excluding hydrogens is 499 g/mol. The Balaban J connectivity index is 1.61. The number of aryl methyl sites for hydroxylation is 1. The summed E-state index contributed by atoms with van der Waals surface area (Å²) in [6.07, 6.45) is 1.67. The van der Waals surface area contributed by atoms with Crippen molar-refractivity contribution >= 4 is 40.8 Å². The maximum atomic E-state index is 13.3. The summed E-state index contributed by atoms with van der Waals surface area (Å²) in [4.78, 5) is 27.0. The minimum atomic E-state index is -3.51. The topological polar surface area (TPSA) is 68.3 Å². The molecule has 0 radical (unpaired) electrons. The van der Waals surface area contributed by atoms with Crippen LogP contribution in [0.3, 0.4) is 0 Å². The Hall–Kier alpha value is -1.75. The summed E-state index contributed by atoms with van der Waals surface area (Å²) in [5.41, 5.74) is -0.284. The van der Waals surface area contributed by atoms with E-state index in [1.165, 1.54) is 4.46 Å². The van der Waals surface area contributed by atoms with Gasteiger partial charge in [0.25, 0.3) is 0 Å². The molecule has 2 aliphatic rings. The summed E-state index contributed by atoms with van der Waals surface area (Å²) < 4.78 is 27.8. The standard InChI is InChI=1S/C27H32O4SSe/c1-19-9-11-22(12-10-19)32(30,31)17-20-13-27(24(28)15-26(2,3)16-25(27)29)14-21(20)18-33-23-7-5-4-6-8-23/h4-12,20-21H,13-18H2,1-3H3/t20-,21+/m1/s1. The van der Waals surface area contributed by atoms with Crippen molar-refractivity contribution in [1.82, 2.24) is 0 Å². The molecule has 2 atom stereocenters. The quantitative estimate of drug-likeness (QED) is 0.414. The van der Waals surface area contributed by atoms with Crippen LogP contribution in [0.4, 0.5) is 0 Å². The van der Waals surface area contributed by atoms with Gasteiger partial charge in [-0.3, -0.25) is 0 Å². The van der Waals surface area contributed by atoms with Gasteiger partial charge >= 0.3 is 204 Å². The predicted octanol–water partition coefficient (Wildman–Crippen LogP) is 4.19. The molecule has 176 valence electrons. The zero-order valence-electron chi connectivity index (χ0n) is 19.5. The molecule has 0 saturated heterocycles. The van der Waals surface area contributed by atoms with Crippen LogP contribution in [0.1, 0.15) is 45.1 Å². The second-order valence-corrected chi connectivity index (χ2v) is 14.9. The zero-order valence-corrected chi connectivity index (χ0v) is 22.1. The number of hydrogen-bond acceptors (Lipinski definition) is 4. The maximum absolute atomic E-state index is 13.3. The number of carbonyl (C=O) groups is 2. The van der Waals surface area contributed by atoms with Crippen LogP contribution >= 0.6 is 0 Å². The average Bonchev–Trinajstić information content (AvgIpc) is 3.10. The van der Waals surface area contributed by atoms with Crippen LogP contribution in [-0.2, 0) is 19.4 Å². The van der Waals surface area contributed by atoms with Crippen LogP contribution in [-0.4, -0.2) is 40.7 Å². The van der Waals surface area contributed by atoms with E-state index < -0.39 is 15.3 Å². The summed E-state index contributed by atoms with van der Waals surface area (Å²) in [6, 6.07) is 17.2. The number of rotatable bonds is 6. The molecule has 2 aliphatic carbocycles. The van der Waals surface area contributed by atoms with Gasteiger partial charge in [0.1, 0.15) is 0 Å². The Morgan fingerprint density at radius 2 is 1.45 bits per heavy atom. The van der Waals surface area contributed by atoms with E-state index in [2.05, 4.69) is 12.1 Å². The Morgan fingerprint density at radius 1 is 0.879 bits per heavy atom. The molecule has 2 aromatic rings. The molecule has 0 heterocycles. The Bertz CT molecular complexity index is 1120.